The molecule has 5 heteroatoms. The third kappa shape index (κ3) is 5.51. The molecule has 0 aromatic heterocycles. The summed E-state index contributed by atoms with van der Waals surface area (Å²) >= 11 is 0. The Morgan fingerprint density at radius 3 is 2.24 bits per heavy atom. The van der Waals surface area contributed by atoms with Crippen LogP contribution in [0.2, 0.25) is 0 Å². The Balaban J connectivity index is 2.17. The van der Waals surface area contributed by atoms with E-state index >= 15 is 0 Å². The molecule has 2 rings (SSSR count). The van der Waals surface area contributed by atoms with Crippen LogP contribution in [-0.4, -0.2) is 20.7 Å². The largest absolute Gasteiger partial charge is 0.303 e. The van der Waals surface area contributed by atoms with Crippen molar-refractivity contribution in [1.29, 1.82) is 0 Å². The molecule has 0 bridgehead atoms. The maximum Gasteiger partial charge on any atom is 0.240 e. The number of aldehydes is 1. The highest BCUT2D eigenvalue weighted by atomic mass is 32.2. The lowest BCUT2D eigenvalue weighted by Gasteiger charge is -2.23. The minimum atomic E-state index is -3.65. The van der Waals surface area contributed by atoms with E-state index in [0.717, 1.165) is 17.4 Å². The van der Waals surface area contributed by atoms with E-state index in [4.69, 9.17) is 0 Å². The van der Waals surface area contributed by atoms with E-state index in [1.807, 2.05) is 44.2 Å². The van der Waals surface area contributed by atoms with Crippen LogP contribution in [0, 0.1) is 12.8 Å². The third-order valence-electron chi connectivity index (χ3n) is 4.39. The van der Waals surface area contributed by atoms with Gasteiger partial charge >= 0.3 is 0 Å². The van der Waals surface area contributed by atoms with Crippen LogP contribution in [0.15, 0.2) is 59.5 Å². The Kier molecular flexibility index (Phi) is 6.91. The molecule has 0 radical (unpaired) electrons. The van der Waals surface area contributed by atoms with Gasteiger partial charge in [-0.25, -0.2) is 13.1 Å². The Labute approximate surface area is 150 Å². The standard InChI is InChI=1S/C20H25NO3S/c1-3-18(15-22)20(14-11-17-7-5-4-6-8-17)21-25(23,24)19-12-9-16(2)10-13-19/h4-10,12-13,15,18,20-21H,3,11,14H2,1-2H3/t18-,20+/m0/s1. The van der Waals surface area contributed by atoms with Crippen LogP contribution in [-0.2, 0) is 21.2 Å². The van der Waals surface area contributed by atoms with Crippen LogP contribution in [0.5, 0.6) is 0 Å². The van der Waals surface area contributed by atoms with Crippen molar-refractivity contribution in [3.63, 3.8) is 0 Å². The van der Waals surface area contributed by atoms with E-state index in [1.54, 1.807) is 24.3 Å². The van der Waals surface area contributed by atoms with Crippen LogP contribution in [0.4, 0.5) is 0 Å². The van der Waals surface area contributed by atoms with Gasteiger partial charge in [0.25, 0.3) is 0 Å². The first-order valence-corrected chi connectivity index (χ1v) is 10.0. The highest BCUT2D eigenvalue weighted by Gasteiger charge is 2.25. The van der Waals surface area contributed by atoms with Crippen LogP contribution < -0.4 is 4.72 Å². The van der Waals surface area contributed by atoms with E-state index in [9.17, 15) is 13.2 Å². The molecule has 0 saturated heterocycles. The molecule has 0 unspecified atom stereocenters. The summed E-state index contributed by atoms with van der Waals surface area (Å²) in [5.74, 6) is -0.344. The van der Waals surface area contributed by atoms with Crippen molar-refractivity contribution in [1.82, 2.24) is 4.72 Å². The van der Waals surface area contributed by atoms with Gasteiger partial charge in [-0.05, 0) is 43.9 Å². The minimum Gasteiger partial charge on any atom is -0.303 e. The van der Waals surface area contributed by atoms with E-state index in [0.29, 0.717) is 19.3 Å². The van der Waals surface area contributed by atoms with E-state index in [2.05, 4.69) is 4.72 Å². The lowest BCUT2D eigenvalue weighted by Crippen LogP contribution is -2.41. The minimum absolute atomic E-state index is 0.226. The van der Waals surface area contributed by atoms with Crippen molar-refractivity contribution >= 4 is 16.3 Å². The molecule has 1 N–H and O–H groups in total. The molecule has 0 fully saturated rings. The first-order chi connectivity index (χ1) is 12.0. The number of rotatable bonds is 9. The zero-order chi connectivity index (χ0) is 18.3. The first-order valence-electron chi connectivity index (χ1n) is 8.54. The molecule has 0 amide bonds. The zero-order valence-corrected chi connectivity index (χ0v) is 15.5. The summed E-state index contributed by atoms with van der Waals surface area (Å²) in [7, 11) is -3.65. The molecule has 25 heavy (non-hydrogen) atoms. The van der Waals surface area contributed by atoms with Gasteiger partial charge in [0, 0.05) is 12.0 Å². The molecule has 0 saturated carbocycles. The summed E-state index contributed by atoms with van der Waals surface area (Å²) < 4.78 is 28.1. The summed E-state index contributed by atoms with van der Waals surface area (Å²) in [6.45, 7) is 3.81. The van der Waals surface area contributed by atoms with E-state index in [-0.39, 0.29) is 10.8 Å². The fourth-order valence-electron chi connectivity index (χ4n) is 2.79. The number of carbonyl (C=O) groups is 1. The SMILES string of the molecule is CC[C@@H](C=O)[C@@H](CCc1ccccc1)NS(=O)(=O)c1ccc(C)cc1. The van der Waals surface area contributed by atoms with Gasteiger partial charge in [0.2, 0.25) is 10.0 Å². The van der Waals surface area contributed by atoms with Crippen LogP contribution in [0.1, 0.15) is 30.9 Å². The average molecular weight is 359 g/mol. The van der Waals surface area contributed by atoms with E-state index in [1.165, 1.54) is 0 Å². The molecule has 0 spiro atoms. The fourth-order valence-corrected chi connectivity index (χ4v) is 4.11. The van der Waals surface area contributed by atoms with Crippen molar-refractivity contribution in [2.45, 2.75) is 44.0 Å². The zero-order valence-electron chi connectivity index (χ0n) is 14.7. The highest BCUT2D eigenvalue weighted by Crippen LogP contribution is 2.18. The summed E-state index contributed by atoms with van der Waals surface area (Å²) in [5, 5.41) is 0. The molecule has 2 aromatic rings. The Bertz CT molecular complexity index is 770. The third-order valence-corrected chi connectivity index (χ3v) is 5.89. The molecule has 134 valence electrons. The Morgan fingerprint density at radius 1 is 1.04 bits per heavy atom. The van der Waals surface area contributed by atoms with Crippen molar-refractivity contribution in [3.05, 3.63) is 65.7 Å². The van der Waals surface area contributed by atoms with Crippen molar-refractivity contribution in [2.75, 3.05) is 0 Å². The highest BCUT2D eigenvalue weighted by molar-refractivity contribution is 7.89. The van der Waals surface area contributed by atoms with Crippen molar-refractivity contribution < 1.29 is 13.2 Å². The molecule has 2 atom stereocenters. The van der Waals surface area contributed by atoms with Gasteiger partial charge in [-0.3, -0.25) is 0 Å². The Hall–Kier alpha value is -1.98. The molecule has 2 aromatic carbocycles. The van der Waals surface area contributed by atoms with Gasteiger partial charge < -0.3 is 4.79 Å². The molecule has 4 nitrogen and oxygen atoms in total. The first kappa shape index (κ1) is 19.3. The second-order valence-electron chi connectivity index (χ2n) is 6.27. The van der Waals surface area contributed by atoms with Crippen LogP contribution in [0.3, 0.4) is 0 Å². The average Bonchev–Trinajstić information content (AvgIpc) is 2.61. The van der Waals surface area contributed by atoms with Crippen molar-refractivity contribution in [3.8, 4) is 0 Å². The molecule has 0 heterocycles. The summed E-state index contributed by atoms with van der Waals surface area (Å²) in [5.41, 5.74) is 2.13. The lowest BCUT2D eigenvalue weighted by atomic mass is 9.94. The Morgan fingerprint density at radius 2 is 1.68 bits per heavy atom. The fraction of sp³-hybridized carbons (Fsp3) is 0.350. The summed E-state index contributed by atoms with van der Waals surface area (Å²) in [4.78, 5) is 11.6. The van der Waals surface area contributed by atoms with Crippen LogP contribution in [0.25, 0.3) is 0 Å². The number of sulfonamides is 1. The molecule has 0 aliphatic carbocycles. The quantitative estimate of drug-likeness (QED) is 0.697. The number of nitrogens with one attached hydrogen (secondary N) is 1. The second-order valence-corrected chi connectivity index (χ2v) is 7.99. The molecule has 0 aliphatic rings. The normalized spacial score (nSPS) is 14.0. The maximum atomic E-state index is 12.7. The summed E-state index contributed by atoms with van der Waals surface area (Å²) in [6, 6.07) is 16.2. The predicted molar refractivity (Wildman–Crippen MR) is 99.9 cm³/mol. The molecule has 0 aliphatic heterocycles. The number of hydrogen-bond donors (Lipinski definition) is 1. The number of carbonyl (C=O) groups excluding carboxylic acids is 1. The molecular weight excluding hydrogens is 334 g/mol. The van der Waals surface area contributed by atoms with Gasteiger partial charge in [-0.1, -0.05) is 55.0 Å². The van der Waals surface area contributed by atoms with Gasteiger partial charge in [-0.2, -0.15) is 0 Å². The second kappa shape index (κ2) is 8.92. The molecular formula is C20H25NO3S. The monoisotopic (exact) mass is 359 g/mol. The van der Waals surface area contributed by atoms with E-state index < -0.39 is 16.1 Å². The lowest BCUT2D eigenvalue weighted by molar-refractivity contribution is -0.111. The van der Waals surface area contributed by atoms with Crippen molar-refractivity contribution in [2.24, 2.45) is 5.92 Å². The number of hydrogen-bond acceptors (Lipinski definition) is 3. The number of benzene rings is 2. The smallest absolute Gasteiger partial charge is 0.240 e. The van der Waals surface area contributed by atoms with Gasteiger partial charge in [-0.15, -0.1) is 0 Å². The predicted octanol–water partition coefficient (Wildman–Crippen LogP) is 3.50. The number of aryl methyl sites for hydroxylation is 2. The van der Waals surface area contributed by atoms with Gasteiger partial charge in [0.05, 0.1) is 4.90 Å². The van der Waals surface area contributed by atoms with Gasteiger partial charge in [0.15, 0.2) is 0 Å². The summed E-state index contributed by atoms with van der Waals surface area (Å²) in [6.07, 6.45) is 2.74. The maximum absolute atomic E-state index is 12.7. The van der Waals surface area contributed by atoms with Crippen LogP contribution >= 0.6 is 0 Å². The van der Waals surface area contributed by atoms with Gasteiger partial charge in [0.1, 0.15) is 6.29 Å². The topological polar surface area (TPSA) is 63.2 Å².